The zero-order valence-electron chi connectivity index (χ0n) is 17.7. The summed E-state index contributed by atoms with van der Waals surface area (Å²) in [5.74, 6) is -2.71. The van der Waals surface area contributed by atoms with Crippen molar-refractivity contribution >= 4 is 11.9 Å². The number of esters is 1. The fraction of sp³-hybridized carbons (Fsp3) is 0.417. The number of nitrogens with zero attached hydrogens (tertiary/aromatic N) is 1. The standard InChI is InChI=1S/C24H27NO6/c1-3-29-21(27)23-16-22(2,19-12-8-5-9-13-19)30-31-24(23,28)14-15-25(17-23)20(26)18-10-6-4-7-11-18/h4-13,28H,3,14-17H2,1-2H3. The lowest BCUT2D eigenvalue weighted by molar-refractivity contribution is -0.520. The first-order valence-corrected chi connectivity index (χ1v) is 10.5. The minimum absolute atomic E-state index is 0.0231. The number of piperidine rings is 1. The molecule has 0 radical (unpaired) electrons. The van der Waals surface area contributed by atoms with Crippen LogP contribution in [-0.2, 0) is 24.9 Å². The molecule has 2 saturated heterocycles. The number of fused-ring (bicyclic) bond motifs is 1. The molecule has 2 aromatic rings. The van der Waals surface area contributed by atoms with Gasteiger partial charge in [-0.3, -0.25) is 9.59 Å². The zero-order valence-corrected chi connectivity index (χ0v) is 17.7. The first-order chi connectivity index (χ1) is 14.8. The van der Waals surface area contributed by atoms with Gasteiger partial charge in [-0.25, -0.2) is 4.89 Å². The maximum absolute atomic E-state index is 13.3. The Kier molecular flexibility index (Phi) is 5.60. The number of benzene rings is 2. The number of hydrogen-bond donors (Lipinski definition) is 1. The first kappa shape index (κ1) is 21.5. The number of rotatable bonds is 4. The Labute approximate surface area is 181 Å². The highest BCUT2D eigenvalue weighted by Gasteiger charge is 2.68. The molecule has 0 spiro atoms. The van der Waals surface area contributed by atoms with Gasteiger partial charge < -0.3 is 14.7 Å². The highest BCUT2D eigenvalue weighted by Crippen LogP contribution is 2.54. The van der Waals surface area contributed by atoms with Crippen molar-refractivity contribution in [3.05, 3.63) is 71.8 Å². The van der Waals surface area contributed by atoms with Crippen LogP contribution in [-0.4, -0.2) is 47.4 Å². The van der Waals surface area contributed by atoms with Crippen LogP contribution in [0.5, 0.6) is 0 Å². The predicted molar refractivity (Wildman–Crippen MR) is 112 cm³/mol. The van der Waals surface area contributed by atoms with Crippen LogP contribution in [0.1, 0.15) is 42.6 Å². The highest BCUT2D eigenvalue weighted by atomic mass is 17.2. The van der Waals surface area contributed by atoms with Crippen molar-refractivity contribution in [2.75, 3.05) is 19.7 Å². The number of ether oxygens (including phenoxy) is 1. The Balaban J connectivity index is 1.73. The number of hydrogen-bond acceptors (Lipinski definition) is 6. The summed E-state index contributed by atoms with van der Waals surface area (Å²) in [6.45, 7) is 3.84. The smallest absolute Gasteiger partial charge is 0.319 e. The molecule has 1 N–H and O–H groups in total. The van der Waals surface area contributed by atoms with Crippen LogP contribution in [0.4, 0.5) is 0 Å². The topological polar surface area (TPSA) is 85.3 Å². The Morgan fingerprint density at radius 1 is 1.06 bits per heavy atom. The van der Waals surface area contributed by atoms with Crippen molar-refractivity contribution in [3.63, 3.8) is 0 Å². The maximum Gasteiger partial charge on any atom is 0.319 e. The summed E-state index contributed by atoms with van der Waals surface area (Å²) >= 11 is 0. The van der Waals surface area contributed by atoms with Crippen LogP contribution in [0.25, 0.3) is 0 Å². The molecule has 2 heterocycles. The van der Waals surface area contributed by atoms with E-state index in [2.05, 4.69) is 0 Å². The van der Waals surface area contributed by atoms with Gasteiger partial charge in [0.15, 0.2) is 0 Å². The van der Waals surface area contributed by atoms with Gasteiger partial charge in [0.05, 0.1) is 6.61 Å². The second kappa shape index (κ2) is 8.07. The van der Waals surface area contributed by atoms with Crippen molar-refractivity contribution in [1.82, 2.24) is 4.90 Å². The van der Waals surface area contributed by atoms with Gasteiger partial charge in [0.1, 0.15) is 11.0 Å². The van der Waals surface area contributed by atoms with Gasteiger partial charge >= 0.3 is 5.97 Å². The second-order valence-electron chi connectivity index (χ2n) is 8.37. The van der Waals surface area contributed by atoms with E-state index in [0.29, 0.717) is 5.56 Å². The third-order valence-electron chi connectivity index (χ3n) is 6.29. The van der Waals surface area contributed by atoms with Crippen LogP contribution < -0.4 is 0 Å². The van der Waals surface area contributed by atoms with Gasteiger partial charge in [0.25, 0.3) is 5.91 Å². The maximum atomic E-state index is 13.3. The molecule has 0 aliphatic carbocycles. The molecule has 0 aromatic heterocycles. The minimum atomic E-state index is -1.90. The molecule has 2 aromatic carbocycles. The fourth-order valence-corrected chi connectivity index (χ4v) is 4.58. The van der Waals surface area contributed by atoms with Crippen molar-refractivity contribution in [1.29, 1.82) is 0 Å². The summed E-state index contributed by atoms with van der Waals surface area (Å²) in [6, 6.07) is 18.3. The fourth-order valence-electron chi connectivity index (χ4n) is 4.58. The number of aliphatic hydroxyl groups is 1. The zero-order chi connectivity index (χ0) is 22.1. The first-order valence-electron chi connectivity index (χ1n) is 10.5. The third kappa shape index (κ3) is 3.63. The Morgan fingerprint density at radius 2 is 1.71 bits per heavy atom. The van der Waals surface area contributed by atoms with Crippen LogP contribution in [0.2, 0.25) is 0 Å². The SMILES string of the molecule is CCOC(=O)C12CN(C(=O)c3ccccc3)CCC1(O)OOC(C)(c1ccccc1)C2. The summed E-state index contributed by atoms with van der Waals surface area (Å²) < 4.78 is 5.40. The summed E-state index contributed by atoms with van der Waals surface area (Å²) in [7, 11) is 0. The summed E-state index contributed by atoms with van der Waals surface area (Å²) in [5, 5.41) is 11.4. The van der Waals surface area contributed by atoms with E-state index >= 15 is 0 Å². The van der Waals surface area contributed by atoms with Crippen molar-refractivity contribution in [2.24, 2.45) is 5.41 Å². The second-order valence-corrected chi connectivity index (χ2v) is 8.37. The van der Waals surface area contributed by atoms with Crippen LogP contribution in [0.3, 0.4) is 0 Å². The predicted octanol–water partition coefficient (Wildman–Crippen LogP) is 3.04. The van der Waals surface area contributed by atoms with Crippen molar-refractivity contribution < 1.29 is 29.2 Å². The van der Waals surface area contributed by atoms with E-state index in [0.717, 1.165) is 5.56 Å². The van der Waals surface area contributed by atoms with Crippen LogP contribution in [0, 0.1) is 5.41 Å². The summed E-state index contributed by atoms with van der Waals surface area (Å²) in [6.07, 6.45) is 0.118. The van der Waals surface area contributed by atoms with E-state index in [-0.39, 0.29) is 38.4 Å². The molecule has 0 bridgehead atoms. The number of amides is 1. The van der Waals surface area contributed by atoms with E-state index in [4.69, 9.17) is 14.5 Å². The van der Waals surface area contributed by atoms with Gasteiger partial charge in [-0.2, -0.15) is 4.89 Å². The molecule has 2 aliphatic rings. The van der Waals surface area contributed by atoms with Crippen LogP contribution in [0.15, 0.2) is 60.7 Å². The monoisotopic (exact) mass is 425 g/mol. The molecule has 3 unspecified atom stereocenters. The third-order valence-corrected chi connectivity index (χ3v) is 6.29. The van der Waals surface area contributed by atoms with E-state index < -0.39 is 22.8 Å². The molecule has 2 fully saturated rings. The van der Waals surface area contributed by atoms with Crippen molar-refractivity contribution in [3.8, 4) is 0 Å². The lowest BCUT2D eigenvalue weighted by Gasteiger charge is -2.56. The molecular weight excluding hydrogens is 398 g/mol. The summed E-state index contributed by atoms with van der Waals surface area (Å²) in [5.41, 5.74) is -1.20. The molecule has 7 nitrogen and oxygen atoms in total. The average Bonchev–Trinajstić information content (AvgIpc) is 2.80. The number of likely N-dealkylation sites (tertiary alicyclic amines) is 1. The largest absolute Gasteiger partial charge is 0.465 e. The molecule has 3 atom stereocenters. The average molecular weight is 425 g/mol. The van der Waals surface area contributed by atoms with Gasteiger partial charge in [-0.05, 0) is 31.5 Å². The molecule has 1 amide bonds. The highest BCUT2D eigenvalue weighted by molar-refractivity contribution is 5.95. The van der Waals surface area contributed by atoms with Crippen molar-refractivity contribution in [2.45, 2.75) is 38.1 Å². The Bertz CT molecular complexity index is 951. The Morgan fingerprint density at radius 3 is 2.35 bits per heavy atom. The Hall–Kier alpha value is -2.74. The molecule has 2 aliphatic heterocycles. The van der Waals surface area contributed by atoms with Gasteiger partial charge in [-0.1, -0.05) is 48.5 Å². The van der Waals surface area contributed by atoms with E-state index in [1.807, 2.05) is 36.4 Å². The van der Waals surface area contributed by atoms with Gasteiger partial charge in [0, 0.05) is 31.5 Å². The minimum Gasteiger partial charge on any atom is -0.465 e. The molecular formula is C24H27NO6. The number of carbonyl (C=O) groups is 2. The molecule has 0 saturated carbocycles. The molecule has 164 valence electrons. The normalized spacial score (nSPS) is 30.4. The molecule has 31 heavy (non-hydrogen) atoms. The number of carbonyl (C=O) groups excluding carboxylic acids is 2. The molecule has 4 rings (SSSR count). The van der Waals surface area contributed by atoms with E-state index in [1.165, 1.54) is 0 Å². The lowest BCUT2D eigenvalue weighted by atomic mass is 9.66. The summed E-state index contributed by atoms with van der Waals surface area (Å²) in [4.78, 5) is 39.3. The van der Waals surface area contributed by atoms with E-state index in [9.17, 15) is 14.7 Å². The van der Waals surface area contributed by atoms with E-state index in [1.54, 1.807) is 43.0 Å². The van der Waals surface area contributed by atoms with Crippen LogP contribution >= 0.6 is 0 Å². The quantitative estimate of drug-likeness (QED) is 0.599. The van der Waals surface area contributed by atoms with Gasteiger partial charge in [-0.15, -0.1) is 0 Å². The van der Waals surface area contributed by atoms with Gasteiger partial charge in [0.2, 0.25) is 5.79 Å². The molecule has 7 heteroatoms. The lowest BCUT2D eigenvalue weighted by Crippen LogP contribution is -2.70.